The number of unbranched alkanes of at least 4 members (excludes halogenated alkanes) is 29. The average molecular weight is 1000 g/mol. The Labute approximate surface area is 422 Å². The molecule has 0 aliphatic carbocycles. The summed E-state index contributed by atoms with van der Waals surface area (Å²) in [6.45, 7) is 2.61. The predicted molar refractivity (Wildman–Crippen MR) is 271 cm³/mol. The smallest absolute Gasteiger partial charge is 0.306 e. The molecule has 0 aromatic heterocycles. The maximum Gasteiger partial charge on any atom is 0.306 e. The highest BCUT2D eigenvalue weighted by atomic mass is 16.7. The van der Waals surface area contributed by atoms with Crippen molar-refractivity contribution < 1.29 is 73.8 Å². The minimum atomic E-state index is -1.76. The van der Waals surface area contributed by atoms with E-state index in [0.717, 1.165) is 57.8 Å². The van der Waals surface area contributed by atoms with E-state index in [1.54, 1.807) is 0 Å². The summed E-state index contributed by atoms with van der Waals surface area (Å²) in [4.78, 5) is 25.8. The Kier molecular flexibility index (Phi) is 39.1. The molecule has 2 saturated heterocycles. The molecule has 70 heavy (non-hydrogen) atoms. The molecule has 2 fully saturated rings. The molecule has 0 amide bonds. The third-order valence-corrected chi connectivity index (χ3v) is 13.7. The fourth-order valence-corrected chi connectivity index (χ4v) is 9.10. The van der Waals surface area contributed by atoms with Gasteiger partial charge in [0.25, 0.3) is 0 Å². The zero-order valence-corrected chi connectivity index (χ0v) is 43.8. The molecular weight excluding hydrogens is 901 g/mol. The monoisotopic (exact) mass is 1000 g/mol. The van der Waals surface area contributed by atoms with Crippen molar-refractivity contribution in [3.05, 3.63) is 12.2 Å². The fourth-order valence-electron chi connectivity index (χ4n) is 9.10. The lowest BCUT2D eigenvalue weighted by molar-refractivity contribution is -0.332. The van der Waals surface area contributed by atoms with Crippen LogP contribution in [0.1, 0.15) is 232 Å². The zero-order valence-electron chi connectivity index (χ0n) is 43.8. The highest BCUT2D eigenvalue weighted by Crippen LogP contribution is 2.27. The van der Waals surface area contributed by atoms with Crippen LogP contribution in [0.15, 0.2) is 12.2 Å². The van der Waals surface area contributed by atoms with Crippen LogP contribution in [0.3, 0.4) is 0 Å². The summed E-state index contributed by atoms with van der Waals surface area (Å²) in [7, 11) is 0. The molecule has 0 radical (unpaired) electrons. The van der Waals surface area contributed by atoms with Crippen molar-refractivity contribution in [3.63, 3.8) is 0 Å². The van der Waals surface area contributed by atoms with Gasteiger partial charge in [-0.1, -0.05) is 193 Å². The third kappa shape index (κ3) is 29.8. The molecular formula is C55H102O15. The first-order valence-corrected chi connectivity index (χ1v) is 28.3. The fraction of sp³-hybridized carbons (Fsp3) is 0.927. The molecule has 0 saturated carbocycles. The van der Waals surface area contributed by atoms with Crippen LogP contribution in [0.2, 0.25) is 0 Å². The highest BCUT2D eigenvalue weighted by Gasteiger charge is 2.47. The SMILES string of the molecule is CCCCCCC/C=C/CCCCCCCC(=O)OC[C@H](CO[C@H]1O[C@@H](CO[C@H]2O[C@@H](CO)[C@@H](O)C(O)C2O)[C@@H](O)C(O)C1O)OC(=O)CCCCCCCCCCCCCCCCCCCCCC. The number of hydrogen-bond donors (Lipinski definition) is 7. The molecule has 2 aliphatic rings. The van der Waals surface area contributed by atoms with Crippen molar-refractivity contribution in [1.82, 2.24) is 0 Å². The second-order valence-electron chi connectivity index (χ2n) is 20.1. The van der Waals surface area contributed by atoms with Gasteiger partial charge in [0, 0.05) is 12.8 Å². The van der Waals surface area contributed by atoms with E-state index in [2.05, 4.69) is 26.0 Å². The lowest BCUT2D eigenvalue weighted by atomic mass is 9.98. The van der Waals surface area contributed by atoms with E-state index in [1.807, 2.05) is 0 Å². The van der Waals surface area contributed by atoms with Gasteiger partial charge in [0.15, 0.2) is 18.7 Å². The van der Waals surface area contributed by atoms with Crippen LogP contribution in [-0.2, 0) is 38.0 Å². The highest BCUT2D eigenvalue weighted by molar-refractivity contribution is 5.70. The van der Waals surface area contributed by atoms with Gasteiger partial charge in [0.05, 0.1) is 19.8 Å². The van der Waals surface area contributed by atoms with Crippen LogP contribution >= 0.6 is 0 Å². The number of aliphatic hydroxyl groups is 7. The van der Waals surface area contributed by atoms with E-state index in [1.165, 1.54) is 135 Å². The Morgan fingerprint density at radius 3 is 1.26 bits per heavy atom. The van der Waals surface area contributed by atoms with Crippen LogP contribution in [0.25, 0.3) is 0 Å². The molecule has 4 unspecified atom stereocenters. The van der Waals surface area contributed by atoms with Crippen LogP contribution in [0, 0.1) is 0 Å². The summed E-state index contributed by atoms with van der Waals surface area (Å²) in [5.41, 5.74) is 0. The largest absolute Gasteiger partial charge is 0.462 e. The van der Waals surface area contributed by atoms with Gasteiger partial charge in [-0.2, -0.15) is 0 Å². The topological polar surface area (TPSA) is 231 Å². The van der Waals surface area contributed by atoms with Crippen LogP contribution in [-0.4, -0.2) is 142 Å². The quantitative estimate of drug-likeness (QED) is 0.0172. The molecule has 412 valence electrons. The standard InChI is InChI=1S/C55H102O15/c1-3-5-7-9-11-13-15-17-19-20-21-22-23-24-26-28-30-32-34-36-38-47(58)68-43(40-65-46(57)37-35-33-31-29-27-25-18-16-14-12-10-8-6-4-2)41-66-54-53(64)51(62)49(60)45(70-54)42-67-55-52(63)50(61)48(59)44(39-56)69-55/h16,18,43-45,48-56,59-64H,3-15,17,19-42H2,1-2H3/b18-16+/t43-,44+,45+,48-,49-,50?,51?,52?,53?,54+,55+/m1/s1. The number of ether oxygens (including phenoxy) is 6. The van der Waals surface area contributed by atoms with Gasteiger partial charge in [0.1, 0.15) is 55.4 Å². The number of allylic oxidation sites excluding steroid dienone is 2. The Morgan fingerprint density at radius 1 is 0.443 bits per heavy atom. The van der Waals surface area contributed by atoms with Crippen molar-refractivity contribution in [2.24, 2.45) is 0 Å². The molecule has 11 atom stereocenters. The summed E-state index contributed by atoms with van der Waals surface area (Å²) < 4.78 is 33.7. The number of rotatable bonds is 45. The Hall–Kier alpha value is -1.76. The van der Waals surface area contributed by atoms with E-state index in [4.69, 9.17) is 28.4 Å². The summed E-state index contributed by atoms with van der Waals surface area (Å²) >= 11 is 0. The molecule has 0 spiro atoms. The number of carbonyl (C=O) groups is 2. The summed E-state index contributed by atoms with van der Waals surface area (Å²) in [5.74, 6) is -0.921. The number of esters is 2. The number of carbonyl (C=O) groups excluding carboxylic acids is 2. The molecule has 2 aliphatic heterocycles. The minimum absolute atomic E-state index is 0.170. The molecule has 0 bridgehead atoms. The van der Waals surface area contributed by atoms with E-state index in [9.17, 15) is 45.3 Å². The van der Waals surface area contributed by atoms with Gasteiger partial charge in [-0.15, -0.1) is 0 Å². The molecule has 2 heterocycles. The van der Waals surface area contributed by atoms with Crippen LogP contribution < -0.4 is 0 Å². The second-order valence-corrected chi connectivity index (χ2v) is 20.1. The molecule has 7 N–H and O–H groups in total. The lowest BCUT2D eigenvalue weighted by Gasteiger charge is -2.42. The predicted octanol–water partition coefficient (Wildman–Crippen LogP) is 8.94. The van der Waals surface area contributed by atoms with Gasteiger partial charge in [-0.3, -0.25) is 9.59 Å². The van der Waals surface area contributed by atoms with E-state index in [-0.39, 0.29) is 26.1 Å². The van der Waals surface area contributed by atoms with Gasteiger partial charge >= 0.3 is 11.9 Å². The van der Waals surface area contributed by atoms with Gasteiger partial charge in [-0.25, -0.2) is 0 Å². The van der Waals surface area contributed by atoms with Crippen molar-refractivity contribution in [1.29, 1.82) is 0 Å². The first-order chi connectivity index (χ1) is 34.0. The Balaban J connectivity index is 1.76. The average Bonchev–Trinajstić information content (AvgIpc) is 3.35. The molecule has 15 heteroatoms. The van der Waals surface area contributed by atoms with Gasteiger partial charge in [0.2, 0.25) is 0 Å². The Bertz CT molecular complexity index is 1270. The third-order valence-electron chi connectivity index (χ3n) is 13.7. The van der Waals surface area contributed by atoms with Crippen molar-refractivity contribution in [3.8, 4) is 0 Å². The van der Waals surface area contributed by atoms with Crippen molar-refractivity contribution in [2.75, 3.05) is 26.4 Å². The number of aliphatic hydroxyl groups excluding tert-OH is 7. The lowest BCUT2D eigenvalue weighted by Crippen LogP contribution is -2.61. The minimum Gasteiger partial charge on any atom is -0.462 e. The van der Waals surface area contributed by atoms with E-state index < -0.39 is 92.7 Å². The molecule has 15 nitrogen and oxygen atoms in total. The summed E-state index contributed by atoms with van der Waals surface area (Å²) in [6.07, 6.45) is 26.6. The maximum atomic E-state index is 13.0. The van der Waals surface area contributed by atoms with Crippen molar-refractivity contribution in [2.45, 2.75) is 300 Å². The van der Waals surface area contributed by atoms with Crippen molar-refractivity contribution >= 4 is 11.9 Å². The van der Waals surface area contributed by atoms with Crippen LogP contribution in [0.5, 0.6) is 0 Å². The molecule has 0 aromatic rings. The molecule has 2 rings (SSSR count). The number of hydrogen-bond acceptors (Lipinski definition) is 15. The normalized spacial score (nSPS) is 25.4. The summed E-state index contributed by atoms with van der Waals surface area (Å²) in [6, 6.07) is 0. The molecule has 0 aromatic carbocycles. The van der Waals surface area contributed by atoms with Gasteiger partial charge in [-0.05, 0) is 38.5 Å². The summed E-state index contributed by atoms with van der Waals surface area (Å²) in [5, 5.41) is 72.2. The first-order valence-electron chi connectivity index (χ1n) is 28.3. The Morgan fingerprint density at radius 2 is 0.814 bits per heavy atom. The zero-order chi connectivity index (χ0) is 51.0. The van der Waals surface area contributed by atoms with Crippen LogP contribution in [0.4, 0.5) is 0 Å². The maximum absolute atomic E-state index is 13.0. The second kappa shape index (κ2) is 42.6. The van der Waals surface area contributed by atoms with E-state index >= 15 is 0 Å². The first kappa shape index (κ1) is 64.4. The van der Waals surface area contributed by atoms with Gasteiger partial charge < -0.3 is 64.2 Å². The van der Waals surface area contributed by atoms with E-state index in [0.29, 0.717) is 12.8 Å².